The lowest BCUT2D eigenvalue weighted by Crippen LogP contribution is -2.00. The standard InChI is InChI=1S/C44H26N4/c45-27-29-15-7-9-21-33(29)39-42-36-24-12-14-26-38(36)48(32-19-5-2-6-20-32)44(42)40(34-22-10-8-16-30(34)28-46)41-35-23-11-13-25-37(35)47(43(39)41)31-17-3-1-4-18-31/h1-26H. The van der Waals surface area contributed by atoms with E-state index in [1.54, 1.807) is 0 Å². The van der Waals surface area contributed by atoms with Crippen LogP contribution < -0.4 is 0 Å². The van der Waals surface area contributed by atoms with Crippen LogP contribution in [0.2, 0.25) is 0 Å². The fourth-order valence-corrected chi connectivity index (χ4v) is 7.51. The van der Waals surface area contributed by atoms with Gasteiger partial charge < -0.3 is 9.13 Å². The highest BCUT2D eigenvalue weighted by Crippen LogP contribution is 2.52. The van der Waals surface area contributed by atoms with Crippen LogP contribution in [-0.2, 0) is 0 Å². The minimum atomic E-state index is 0.603. The summed E-state index contributed by atoms with van der Waals surface area (Å²) in [5.41, 5.74) is 11.0. The molecule has 0 aliphatic heterocycles. The molecule has 4 heteroatoms. The molecule has 0 saturated heterocycles. The van der Waals surface area contributed by atoms with E-state index >= 15 is 0 Å². The predicted octanol–water partition coefficient (Wildman–Crippen LogP) is 11.0. The van der Waals surface area contributed by atoms with Crippen molar-refractivity contribution in [2.45, 2.75) is 0 Å². The van der Waals surface area contributed by atoms with Crippen molar-refractivity contribution in [3.8, 4) is 45.8 Å². The SMILES string of the molecule is N#Cc1ccccc1-c1c2c3ccccc3n(-c3ccccc3)c2c(-c2ccccc2C#N)c2c3ccccc3n(-c3ccccc3)c12. The summed E-state index contributed by atoms with van der Waals surface area (Å²) in [6.07, 6.45) is 0. The summed E-state index contributed by atoms with van der Waals surface area (Å²) in [6, 6.07) is 58.6. The molecule has 0 atom stereocenters. The zero-order chi connectivity index (χ0) is 32.2. The third kappa shape index (κ3) is 3.88. The van der Waals surface area contributed by atoms with Crippen molar-refractivity contribution in [3.05, 3.63) is 169 Å². The van der Waals surface area contributed by atoms with E-state index < -0.39 is 0 Å². The van der Waals surface area contributed by atoms with E-state index in [9.17, 15) is 10.5 Å². The van der Waals surface area contributed by atoms with Crippen LogP contribution >= 0.6 is 0 Å². The molecular formula is C44H26N4. The molecule has 9 rings (SSSR count). The normalized spacial score (nSPS) is 11.3. The number of rotatable bonds is 4. The molecule has 2 heterocycles. The van der Waals surface area contributed by atoms with Crippen LogP contribution in [-0.4, -0.2) is 9.13 Å². The zero-order valence-electron chi connectivity index (χ0n) is 25.8. The molecule has 48 heavy (non-hydrogen) atoms. The second-order valence-corrected chi connectivity index (χ2v) is 11.9. The lowest BCUT2D eigenvalue weighted by molar-refractivity contribution is 1.17. The highest BCUT2D eigenvalue weighted by molar-refractivity contribution is 6.33. The van der Waals surface area contributed by atoms with Gasteiger partial charge in [-0.3, -0.25) is 0 Å². The van der Waals surface area contributed by atoms with Gasteiger partial charge in [0.15, 0.2) is 0 Å². The molecule has 0 amide bonds. The average Bonchev–Trinajstić information content (AvgIpc) is 3.68. The van der Waals surface area contributed by atoms with Gasteiger partial charge in [0.05, 0.1) is 45.3 Å². The molecule has 0 aliphatic rings. The monoisotopic (exact) mass is 610 g/mol. The number of fused-ring (bicyclic) bond motifs is 6. The fraction of sp³-hybridized carbons (Fsp3) is 0. The van der Waals surface area contributed by atoms with Gasteiger partial charge in [-0.1, -0.05) is 109 Å². The van der Waals surface area contributed by atoms with Crippen molar-refractivity contribution in [2.75, 3.05) is 0 Å². The molecule has 0 bridgehead atoms. The molecule has 0 fully saturated rings. The lowest BCUT2D eigenvalue weighted by atomic mass is 9.87. The Kier molecular flexibility index (Phi) is 6.22. The Morgan fingerprint density at radius 3 is 1.15 bits per heavy atom. The van der Waals surface area contributed by atoms with Crippen LogP contribution in [0.25, 0.3) is 77.2 Å². The van der Waals surface area contributed by atoms with Gasteiger partial charge in [0, 0.05) is 55.2 Å². The average molecular weight is 611 g/mol. The maximum atomic E-state index is 10.5. The largest absolute Gasteiger partial charge is 0.309 e. The van der Waals surface area contributed by atoms with Crippen molar-refractivity contribution in [1.82, 2.24) is 9.13 Å². The predicted molar refractivity (Wildman–Crippen MR) is 195 cm³/mol. The maximum Gasteiger partial charge on any atom is 0.0998 e. The number of hydrogen-bond donors (Lipinski definition) is 0. The highest BCUT2D eigenvalue weighted by atomic mass is 15.0. The molecule has 2 aromatic heterocycles. The molecule has 0 saturated carbocycles. The third-order valence-electron chi connectivity index (χ3n) is 9.39. The van der Waals surface area contributed by atoms with Crippen LogP contribution in [0.4, 0.5) is 0 Å². The Hall–Kier alpha value is -6.88. The first kappa shape index (κ1) is 27.4. The summed E-state index contributed by atoms with van der Waals surface area (Å²) in [6.45, 7) is 0. The van der Waals surface area contributed by atoms with E-state index in [4.69, 9.17) is 0 Å². The van der Waals surface area contributed by atoms with Gasteiger partial charge in [-0.15, -0.1) is 0 Å². The minimum Gasteiger partial charge on any atom is -0.309 e. The Morgan fingerprint density at radius 1 is 0.375 bits per heavy atom. The van der Waals surface area contributed by atoms with Crippen molar-refractivity contribution in [1.29, 1.82) is 10.5 Å². The van der Waals surface area contributed by atoms with Crippen molar-refractivity contribution < 1.29 is 0 Å². The van der Waals surface area contributed by atoms with Gasteiger partial charge >= 0.3 is 0 Å². The van der Waals surface area contributed by atoms with Crippen molar-refractivity contribution in [2.24, 2.45) is 0 Å². The zero-order valence-corrected chi connectivity index (χ0v) is 25.8. The molecule has 9 aromatic rings. The number of nitriles is 2. The van der Waals surface area contributed by atoms with Crippen LogP contribution in [0, 0.1) is 22.7 Å². The number of hydrogen-bond acceptors (Lipinski definition) is 2. The molecule has 0 N–H and O–H groups in total. The first-order valence-corrected chi connectivity index (χ1v) is 15.9. The summed E-state index contributed by atoms with van der Waals surface area (Å²) < 4.78 is 4.67. The smallest absolute Gasteiger partial charge is 0.0998 e. The van der Waals surface area contributed by atoms with E-state index in [2.05, 4.69) is 130 Å². The molecule has 0 spiro atoms. The molecule has 222 valence electrons. The summed E-state index contributed by atoms with van der Waals surface area (Å²) in [5.74, 6) is 0. The minimum absolute atomic E-state index is 0.603. The van der Waals surface area contributed by atoms with Crippen LogP contribution in [0.3, 0.4) is 0 Å². The molecule has 0 radical (unpaired) electrons. The molecule has 7 aromatic carbocycles. The first-order valence-electron chi connectivity index (χ1n) is 15.9. The summed E-state index contributed by atoms with van der Waals surface area (Å²) >= 11 is 0. The Bertz CT molecular complexity index is 2590. The maximum absolute atomic E-state index is 10.5. The summed E-state index contributed by atoms with van der Waals surface area (Å²) in [4.78, 5) is 0. The number of aromatic nitrogens is 2. The van der Waals surface area contributed by atoms with Crippen molar-refractivity contribution in [3.63, 3.8) is 0 Å². The van der Waals surface area contributed by atoms with Gasteiger partial charge in [-0.2, -0.15) is 10.5 Å². The molecular weight excluding hydrogens is 585 g/mol. The first-order chi connectivity index (χ1) is 23.8. The van der Waals surface area contributed by atoms with Crippen LogP contribution in [0.5, 0.6) is 0 Å². The van der Waals surface area contributed by atoms with Gasteiger partial charge in [-0.25, -0.2) is 0 Å². The number of para-hydroxylation sites is 4. The Balaban J connectivity index is 1.71. The Labute approximate surface area is 277 Å². The van der Waals surface area contributed by atoms with Gasteiger partial charge in [0.1, 0.15) is 0 Å². The van der Waals surface area contributed by atoms with E-state index in [1.807, 2.05) is 48.5 Å². The molecule has 0 aliphatic carbocycles. The summed E-state index contributed by atoms with van der Waals surface area (Å²) in [7, 11) is 0. The Morgan fingerprint density at radius 2 is 0.729 bits per heavy atom. The number of nitrogens with zero attached hydrogens (tertiary/aromatic N) is 4. The second-order valence-electron chi connectivity index (χ2n) is 11.9. The molecule has 4 nitrogen and oxygen atoms in total. The van der Waals surface area contributed by atoms with Crippen LogP contribution in [0.1, 0.15) is 11.1 Å². The van der Waals surface area contributed by atoms with E-state index in [0.29, 0.717) is 11.1 Å². The second kappa shape index (κ2) is 10.9. The van der Waals surface area contributed by atoms with Gasteiger partial charge in [-0.05, 0) is 48.5 Å². The van der Waals surface area contributed by atoms with Gasteiger partial charge in [0.2, 0.25) is 0 Å². The topological polar surface area (TPSA) is 57.4 Å². The highest BCUT2D eigenvalue weighted by Gasteiger charge is 2.30. The van der Waals surface area contributed by atoms with Gasteiger partial charge in [0.25, 0.3) is 0 Å². The van der Waals surface area contributed by atoms with E-state index in [-0.39, 0.29) is 0 Å². The summed E-state index contributed by atoms with van der Waals surface area (Å²) in [5, 5.41) is 25.3. The lowest BCUT2D eigenvalue weighted by Gasteiger charge is -2.19. The third-order valence-corrected chi connectivity index (χ3v) is 9.39. The molecule has 0 unspecified atom stereocenters. The number of benzene rings is 7. The van der Waals surface area contributed by atoms with Crippen molar-refractivity contribution >= 4 is 43.6 Å². The van der Waals surface area contributed by atoms with Crippen LogP contribution in [0.15, 0.2) is 158 Å². The quantitative estimate of drug-likeness (QED) is 0.199. The van der Waals surface area contributed by atoms with E-state index in [1.165, 1.54) is 0 Å². The fourth-order valence-electron chi connectivity index (χ4n) is 7.51. The van der Waals surface area contributed by atoms with E-state index in [0.717, 1.165) is 77.2 Å².